The number of aromatic nitrogens is 1. The van der Waals surface area contributed by atoms with Crippen molar-refractivity contribution in [2.45, 2.75) is 0 Å². The lowest BCUT2D eigenvalue weighted by Crippen LogP contribution is -1.86. The van der Waals surface area contributed by atoms with Crippen LogP contribution >= 0.6 is 22.9 Å². The third-order valence-electron chi connectivity index (χ3n) is 1.54. The van der Waals surface area contributed by atoms with Crippen molar-refractivity contribution in [3.05, 3.63) is 22.7 Å². The number of halogens is 1. The van der Waals surface area contributed by atoms with E-state index in [1.165, 1.54) is 11.3 Å². The van der Waals surface area contributed by atoms with Gasteiger partial charge in [0, 0.05) is 7.05 Å². The Kier molecular flexibility index (Phi) is 2.24. The molecular weight excluding hydrogens is 208 g/mol. The van der Waals surface area contributed by atoms with E-state index in [0.717, 1.165) is 14.9 Å². The first-order chi connectivity index (χ1) is 6.29. The first-order valence-electron chi connectivity index (χ1n) is 3.68. The molecule has 0 atom stereocenters. The lowest BCUT2D eigenvalue weighted by atomic mass is 10.4. The minimum absolute atomic E-state index is 0.513. The van der Waals surface area contributed by atoms with E-state index in [1.807, 2.05) is 12.1 Å². The van der Waals surface area contributed by atoms with Gasteiger partial charge in [-0.25, -0.2) is 0 Å². The van der Waals surface area contributed by atoms with Gasteiger partial charge < -0.3 is 9.73 Å². The zero-order chi connectivity index (χ0) is 9.26. The molecule has 2 aromatic rings. The normalized spacial score (nSPS) is 10.3. The Morgan fingerprint density at radius 3 is 2.92 bits per heavy atom. The molecule has 13 heavy (non-hydrogen) atoms. The van der Waals surface area contributed by atoms with Gasteiger partial charge in [-0.3, -0.25) is 0 Å². The molecule has 2 rings (SSSR count). The third kappa shape index (κ3) is 1.68. The number of rotatable bonds is 2. The van der Waals surface area contributed by atoms with Gasteiger partial charge in [0.25, 0.3) is 6.01 Å². The predicted octanol–water partition coefficient (Wildman–Crippen LogP) is 3.10. The predicted molar refractivity (Wildman–Crippen MR) is 54.4 cm³/mol. The molecule has 3 nitrogen and oxygen atoms in total. The molecular formula is C8H7ClN2OS. The van der Waals surface area contributed by atoms with Crippen LogP contribution < -0.4 is 5.32 Å². The molecule has 68 valence electrons. The minimum atomic E-state index is 0.513. The molecule has 0 aliphatic carbocycles. The molecule has 0 unspecified atom stereocenters. The summed E-state index contributed by atoms with van der Waals surface area (Å²) in [5.41, 5.74) is 0.807. The van der Waals surface area contributed by atoms with Gasteiger partial charge >= 0.3 is 0 Å². The van der Waals surface area contributed by atoms with Crippen LogP contribution in [0.15, 0.2) is 22.8 Å². The Hall–Kier alpha value is -1.00. The van der Waals surface area contributed by atoms with Gasteiger partial charge in [-0.1, -0.05) is 11.6 Å². The summed E-state index contributed by atoms with van der Waals surface area (Å²) < 4.78 is 5.87. The topological polar surface area (TPSA) is 38.1 Å². The molecule has 2 heterocycles. The monoisotopic (exact) mass is 214 g/mol. The highest BCUT2D eigenvalue weighted by Crippen LogP contribution is 2.30. The second-order valence-electron chi connectivity index (χ2n) is 2.39. The lowest BCUT2D eigenvalue weighted by Gasteiger charge is -1.86. The number of hydrogen-bond donors (Lipinski definition) is 1. The fourth-order valence-corrected chi connectivity index (χ4v) is 1.95. The van der Waals surface area contributed by atoms with Crippen molar-refractivity contribution in [1.29, 1.82) is 0 Å². The summed E-state index contributed by atoms with van der Waals surface area (Å²) in [6.07, 6.45) is 1.61. The molecule has 0 radical (unpaired) electrons. The van der Waals surface area contributed by atoms with E-state index in [9.17, 15) is 0 Å². The van der Waals surface area contributed by atoms with E-state index < -0.39 is 0 Å². The highest BCUT2D eigenvalue weighted by atomic mass is 35.5. The number of nitrogens with zero attached hydrogens (tertiary/aromatic N) is 1. The van der Waals surface area contributed by atoms with Gasteiger partial charge in [-0.15, -0.1) is 11.3 Å². The Bertz CT molecular complexity index is 410. The summed E-state index contributed by atoms with van der Waals surface area (Å²) in [6, 6.07) is 4.28. The summed E-state index contributed by atoms with van der Waals surface area (Å²) in [5, 5.41) is 2.82. The smallest absolute Gasteiger partial charge is 0.294 e. The zero-order valence-electron chi connectivity index (χ0n) is 6.87. The maximum Gasteiger partial charge on any atom is 0.294 e. The summed E-state index contributed by atoms with van der Waals surface area (Å²) in [7, 11) is 1.76. The third-order valence-corrected chi connectivity index (χ3v) is 2.80. The average Bonchev–Trinajstić information content (AvgIpc) is 2.71. The fourth-order valence-electron chi connectivity index (χ4n) is 0.954. The van der Waals surface area contributed by atoms with Crippen LogP contribution in [0.2, 0.25) is 4.34 Å². The van der Waals surface area contributed by atoms with E-state index in [0.29, 0.717) is 6.01 Å². The van der Waals surface area contributed by atoms with Gasteiger partial charge in [0.15, 0.2) is 0 Å². The number of oxazole rings is 1. The second kappa shape index (κ2) is 3.40. The maximum atomic E-state index is 5.80. The summed E-state index contributed by atoms with van der Waals surface area (Å²) in [4.78, 5) is 5.20. The van der Waals surface area contributed by atoms with Crippen LogP contribution in [0, 0.1) is 0 Å². The molecule has 0 saturated carbocycles. The van der Waals surface area contributed by atoms with E-state index in [-0.39, 0.29) is 0 Å². The van der Waals surface area contributed by atoms with Gasteiger partial charge in [0.1, 0.15) is 12.0 Å². The summed E-state index contributed by atoms with van der Waals surface area (Å²) in [5.74, 6) is 0. The van der Waals surface area contributed by atoms with Crippen molar-refractivity contribution in [1.82, 2.24) is 4.98 Å². The SMILES string of the molecule is CNc1nc(-c2ccc(Cl)s2)co1. The average molecular weight is 215 g/mol. The molecule has 0 spiro atoms. The van der Waals surface area contributed by atoms with Gasteiger partial charge in [-0.05, 0) is 12.1 Å². The lowest BCUT2D eigenvalue weighted by molar-refractivity contribution is 0.576. The molecule has 0 aliphatic rings. The van der Waals surface area contributed by atoms with Crippen molar-refractivity contribution in [2.24, 2.45) is 0 Å². The molecule has 0 bridgehead atoms. The summed E-state index contributed by atoms with van der Waals surface area (Å²) >= 11 is 7.28. The van der Waals surface area contributed by atoms with E-state index >= 15 is 0 Å². The zero-order valence-corrected chi connectivity index (χ0v) is 8.45. The van der Waals surface area contributed by atoms with Crippen LogP contribution in [-0.4, -0.2) is 12.0 Å². The number of anilines is 1. The van der Waals surface area contributed by atoms with Gasteiger partial charge in [-0.2, -0.15) is 4.98 Å². The van der Waals surface area contributed by atoms with Crippen LogP contribution in [0.3, 0.4) is 0 Å². The van der Waals surface area contributed by atoms with E-state index in [1.54, 1.807) is 13.3 Å². The van der Waals surface area contributed by atoms with Crippen LogP contribution in [0.25, 0.3) is 10.6 Å². The largest absolute Gasteiger partial charge is 0.431 e. The maximum absolute atomic E-state index is 5.80. The van der Waals surface area contributed by atoms with Crippen molar-refractivity contribution in [2.75, 3.05) is 12.4 Å². The Balaban J connectivity index is 2.35. The Labute approximate surface area is 84.4 Å². The molecule has 1 N–H and O–H groups in total. The molecule has 5 heteroatoms. The molecule has 0 aliphatic heterocycles. The van der Waals surface area contributed by atoms with Crippen molar-refractivity contribution in [3.8, 4) is 10.6 Å². The number of hydrogen-bond acceptors (Lipinski definition) is 4. The van der Waals surface area contributed by atoms with Crippen molar-refractivity contribution >= 4 is 29.0 Å². The molecule has 2 aromatic heterocycles. The quantitative estimate of drug-likeness (QED) is 0.835. The van der Waals surface area contributed by atoms with Crippen LogP contribution in [-0.2, 0) is 0 Å². The second-order valence-corrected chi connectivity index (χ2v) is 4.11. The van der Waals surface area contributed by atoms with Crippen molar-refractivity contribution in [3.63, 3.8) is 0 Å². The molecule has 0 aromatic carbocycles. The number of thiophene rings is 1. The van der Waals surface area contributed by atoms with Crippen LogP contribution in [0.1, 0.15) is 0 Å². The van der Waals surface area contributed by atoms with Crippen LogP contribution in [0.5, 0.6) is 0 Å². The van der Waals surface area contributed by atoms with Gasteiger partial charge in [0.05, 0.1) is 9.21 Å². The molecule has 0 amide bonds. The first-order valence-corrected chi connectivity index (χ1v) is 4.88. The van der Waals surface area contributed by atoms with Gasteiger partial charge in [0.2, 0.25) is 0 Å². The number of nitrogens with one attached hydrogen (secondary N) is 1. The Morgan fingerprint density at radius 1 is 1.54 bits per heavy atom. The standard InChI is InChI=1S/C8H7ClN2OS/c1-10-8-11-5(4-12-8)6-2-3-7(9)13-6/h2-4H,1H3,(H,10,11). The summed E-state index contributed by atoms with van der Waals surface area (Å²) in [6.45, 7) is 0. The first kappa shape index (κ1) is 8.59. The molecule has 0 saturated heterocycles. The van der Waals surface area contributed by atoms with E-state index in [4.69, 9.17) is 16.0 Å². The molecule has 0 fully saturated rings. The van der Waals surface area contributed by atoms with Crippen molar-refractivity contribution < 1.29 is 4.42 Å². The van der Waals surface area contributed by atoms with Crippen LogP contribution in [0.4, 0.5) is 6.01 Å². The highest BCUT2D eigenvalue weighted by Gasteiger charge is 2.06. The highest BCUT2D eigenvalue weighted by molar-refractivity contribution is 7.19. The fraction of sp³-hybridized carbons (Fsp3) is 0.125. The van der Waals surface area contributed by atoms with E-state index in [2.05, 4.69) is 10.3 Å². The Morgan fingerprint density at radius 2 is 2.38 bits per heavy atom. The minimum Gasteiger partial charge on any atom is -0.431 e.